The first-order valence-corrected chi connectivity index (χ1v) is 14.7. The molecule has 39 heavy (non-hydrogen) atoms. The number of aromatic nitrogens is 3. The van der Waals surface area contributed by atoms with Crippen LogP contribution in [0.15, 0.2) is 53.5 Å². The Bertz CT molecular complexity index is 1530. The Morgan fingerprint density at radius 3 is 2.59 bits per heavy atom. The smallest absolute Gasteiger partial charge is 0.296 e. The van der Waals surface area contributed by atoms with E-state index >= 15 is 0 Å². The molecule has 4 atom stereocenters. The summed E-state index contributed by atoms with van der Waals surface area (Å²) in [6.45, 7) is 0.487. The van der Waals surface area contributed by atoms with Crippen molar-refractivity contribution in [3.63, 3.8) is 0 Å². The Morgan fingerprint density at radius 2 is 1.95 bits per heavy atom. The first-order chi connectivity index (χ1) is 18.8. The summed E-state index contributed by atoms with van der Waals surface area (Å²) in [6.07, 6.45) is 5.26. The fourth-order valence-corrected chi connectivity index (χ4v) is 6.64. The van der Waals surface area contributed by atoms with Gasteiger partial charge in [0.15, 0.2) is 15.5 Å². The minimum absolute atomic E-state index is 0.101. The number of hydrogen-bond donors (Lipinski definition) is 3. The Labute approximate surface area is 230 Å². The highest BCUT2D eigenvalue weighted by Crippen LogP contribution is 2.34. The molecule has 206 valence electrons. The van der Waals surface area contributed by atoms with Crippen LogP contribution in [0.25, 0.3) is 16.7 Å². The van der Waals surface area contributed by atoms with Crippen LogP contribution in [0.4, 0.5) is 0 Å². The number of rotatable bonds is 7. The zero-order valence-electron chi connectivity index (χ0n) is 20.9. The van der Waals surface area contributed by atoms with Crippen LogP contribution >= 0.6 is 11.6 Å². The maximum Gasteiger partial charge on any atom is 0.296 e. The van der Waals surface area contributed by atoms with Crippen molar-refractivity contribution in [1.82, 2.24) is 15.0 Å². The van der Waals surface area contributed by atoms with Gasteiger partial charge in [0.05, 0.1) is 53.7 Å². The summed E-state index contributed by atoms with van der Waals surface area (Å²) in [6, 6.07) is 9.07. The second kappa shape index (κ2) is 10.6. The largest absolute Gasteiger partial charge is 0.459 e. The molecule has 2 aromatic heterocycles. The lowest BCUT2D eigenvalue weighted by Gasteiger charge is -2.31. The summed E-state index contributed by atoms with van der Waals surface area (Å²) in [4.78, 5) is 12.5. The van der Waals surface area contributed by atoms with E-state index in [4.69, 9.17) is 25.8 Å². The van der Waals surface area contributed by atoms with E-state index in [2.05, 4.69) is 27.1 Å². The van der Waals surface area contributed by atoms with Crippen LogP contribution < -0.4 is 4.74 Å². The van der Waals surface area contributed by atoms with E-state index in [1.54, 1.807) is 18.2 Å². The number of nitrogens with one attached hydrogen (secondary N) is 1. The number of aliphatic hydroxyl groups is 2. The highest BCUT2D eigenvalue weighted by atomic mass is 35.5. The Balaban J connectivity index is 1.14. The van der Waals surface area contributed by atoms with Crippen molar-refractivity contribution >= 4 is 38.2 Å². The molecule has 12 heteroatoms. The quantitative estimate of drug-likeness (QED) is 0.388. The lowest BCUT2D eigenvalue weighted by atomic mass is 9.89. The molecule has 1 aromatic carbocycles. The van der Waals surface area contributed by atoms with Gasteiger partial charge in [0, 0.05) is 12.3 Å². The Morgan fingerprint density at radius 1 is 1.15 bits per heavy atom. The normalized spacial score (nSPS) is 25.9. The van der Waals surface area contributed by atoms with Crippen LogP contribution in [0.3, 0.4) is 0 Å². The van der Waals surface area contributed by atoms with Crippen molar-refractivity contribution in [2.75, 3.05) is 26.4 Å². The molecule has 1 aliphatic carbocycles. The number of sulfone groups is 1. The molecule has 0 amide bonds. The van der Waals surface area contributed by atoms with Gasteiger partial charge in [-0.25, -0.2) is 13.4 Å². The van der Waals surface area contributed by atoms with E-state index in [9.17, 15) is 18.6 Å². The number of nitrogens with zero attached hydrogens (tertiary/aromatic N) is 2. The molecule has 10 nitrogen and oxygen atoms in total. The number of halogens is 1. The zero-order valence-corrected chi connectivity index (χ0v) is 22.4. The lowest BCUT2D eigenvalue weighted by molar-refractivity contribution is -0.131. The number of allylic oxidation sites excluding steroid dienone is 4. The van der Waals surface area contributed by atoms with Gasteiger partial charge in [0.25, 0.3) is 6.01 Å². The molecule has 0 radical (unpaired) electrons. The number of pyridine rings is 1. The molecular weight excluding hydrogens is 546 g/mol. The van der Waals surface area contributed by atoms with Crippen LogP contribution in [0.5, 0.6) is 6.01 Å². The van der Waals surface area contributed by atoms with Gasteiger partial charge in [-0.1, -0.05) is 42.0 Å². The number of ether oxygens (including phenoxy) is 3. The molecule has 3 N–H and O–H groups in total. The van der Waals surface area contributed by atoms with Gasteiger partial charge in [0.2, 0.25) is 0 Å². The Kier molecular flexibility index (Phi) is 7.21. The zero-order chi connectivity index (χ0) is 27.1. The van der Waals surface area contributed by atoms with Crippen LogP contribution in [-0.4, -0.2) is 83.6 Å². The van der Waals surface area contributed by atoms with Crippen molar-refractivity contribution in [3.05, 3.63) is 64.8 Å². The molecule has 2 fully saturated rings. The molecule has 2 aliphatic heterocycles. The minimum atomic E-state index is -3.35. The van der Waals surface area contributed by atoms with Crippen LogP contribution in [0.2, 0.25) is 5.02 Å². The average Bonchev–Trinajstić information content (AvgIpc) is 3.28. The lowest BCUT2D eigenvalue weighted by Crippen LogP contribution is -2.45. The second-order valence-electron chi connectivity index (χ2n) is 9.96. The standard InChI is InChI=1S/C27H28ClN3O7S/c28-21-10-22-26(31-27(29-22)38-18-9-23(33)24(11-32)37-12-18)30-25(21)17-3-1-15(2-4-17)16-5-7-19(8-6-16)39(34,35)20-13-36-14-20/h1,3-8,10,15,18,20,23-24,32-33H,2,9,11-14H2,(H,29,30,31)/t15?,18-,23+,24-/m1/s1. The third kappa shape index (κ3) is 5.22. The topological polar surface area (TPSA) is 144 Å². The predicted molar refractivity (Wildman–Crippen MR) is 143 cm³/mol. The summed E-state index contributed by atoms with van der Waals surface area (Å²) >= 11 is 6.58. The molecule has 1 unspecified atom stereocenters. The van der Waals surface area contributed by atoms with Crippen molar-refractivity contribution < 1.29 is 32.8 Å². The van der Waals surface area contributed by atoms with Crippen molar-refractivity contribution in [3.8, 4) is 6.01 Å². The van der Waals surface area contributed by atoms with E-state index < -0.39 is 33.4 Å². The molecule has 0 bridgehead atoms. The predicted octanol–water partition coefficient (Wildman–Crippen LogP) is 2.80. The van der Waals surface area contributed by atoms with Gasteiger partial charge in [-0.05, 0) is 35.8 Å². The van der Waals surface area contributed by atoms with Crippen LogP contribution in [0.1, 0.15) is 30.0 Å². The van der Waals surface area contributed by atoms with E-state index in [1.165, 1.54) is 0 Å². The number of H-pyrrole nitrogens is 1. The van der Waals surface area contributed by atoms with Gasteiger partial charge in [0.1, 0.15) is 17.5 Å². The second-order valence-corrected chi connectivity index (χ2v) is 12.6. The molecule has 6 rings (SSSR count). The first kappa shape index (κ1) is 26.4. The average molecular weight is 574 g/mol. The van der Waals surface area contributed by atoms with Crippen LogP contribution in [0, 0.1) is 0 Å². The van der Waals surface area contributed by atoms with Gasteiger partial charge < -0.3 is 29.4 Å². The van der Waals surface area contributed by atoms with Gasteiger partial charge >= 0.3 is 0 Å². The number of aromatic amines is 1. The molecular formula is C27H28ClN3O7S. The number of benzene rings is 1. The first-order valence-electron chi connectivity index (χ1n) is 12.8. The molecule has 4 heterocycles. The highest BCUT2D eigenvalue weighted by molar-refractivity contribution is 7.92. The van der Waals surface area contributed by atoms with Gasteiger partial charge in [-0.15, -0.1) is 0 Å². The number of fused-ring (bicyclic) bond motifs is 1. The van der Waals surface area contributed by atoms with Gasteiger partial charge in [-0.3, -0.25) is 0 Å². The molecule has 3 aromatic rings. The summed E-state index contributed by atoms with van der Waals surface area (Å²) in [7, 11) is -3.35. The monoisotopic (exact) mass is 573 g/mol. The van der Waals surface area contributed by atoms with Gasteiger partial charge in [-0.2, -0.15) is 4.98 Å². The maximum absolute atomic E-state index is 12.6. The number of imidazole rings is 1. The van der Waals surface area contributed by atoms with E-state index in [1.807, 2.05) is 18.2 Å². The fourth-order valence-electron chi connectivity index (χ4n) is 4.93. The van der Waals surface area contributed by atoms with E-state index in [0.29, 0.717) is 39.6 Å². The third-order valence-electron chi connectivity index (χ3n) is 7.35. The summed E-state index contributed by atoms with van der Waals surface area (Å²) in [5.74, 6) is 0.101. The van der Waals surface area contributed by atoms with E-state index in [-0.39, 0.29) is 38.4 Å². The SMILES string of the molecule is O=S(=O)(c1ccc(C2C=CC(c3nc4nc(O[C@H]5CO[C@H](CO)[C@@H](O)C5)[nH]c4cc3Cl)=CC2)cc1)C1COC1. The molecule has 3 aliphatic rings. The van der Waals surface area contributed by atoms with Crippen molar-refractivity contribution in [1.29, 1.82) is 0 Å². The Hall–Kier alpha value is -2.80. The maximum atomic E-state index is 12.6. The minimum Gasteiger partial charge on any atom is -0.459 e. The summed E-state index contributed by atoms with van der Waals surface area (Å²) < 4.78 is 41.5. The molecule has 2 saturated heterocycles. The van der Waals surface area contributed by atoms with Crippen molar-refractivity contribution in [2.24, 2.45) is 0 Å². The fraction of sp³-hybridized carbons (Fsp3) is 0.407. The molecule has 0 saturated carbocycles. The van der Waals surface area contributed by atoms with E-state index in [0.717, 1.165) is 11.1 Å². The van der Waals surface area contributed by atoms with Crippen LogP contribution in [-0.2, 0) is 19.3 Å². The summed E-state index contributed by atoms with van der Waals surface area (Å²) in [5, 5.41) is 19.3. The third-order valence-corrected chi connectivity index (χ3v) is 9.72. The highest BCUT2D eigenvalue weighted by Gasteiger charge is 2.34. The molecule has 0 spiro atoms. The summed E-state index contributed by atoms with van der Waals surface area (Å²) in [5.41, 5.74) is 3.55. The van der Waals surface area contributed by atoms with Crippen molar-refractivity contribution in [2.45, 2.75) is 47.2 Å². The number of hydrogen-bond acceptors (Lipinski definition) is 9. The number of aliphatic hydroxyl groups excluding tert-OH is 2.